The van der Waals surface area contributed by atoms with E-state index in [0.29, 0.717) is 0 Å². The number of aryl methyl sites for hydroxylation is 3. The molecular formula is C26H29NO3. The molecule has 0 saturated heterocycles. The van der Waals surface area contributed by atoms with Gasteiger partial charge in [0.05, 0.1) is 14.2 Å². The van der Waals surface area contributed by atoms with Gasteiger partial charge in [-0.25, -0.2) is 0 Å². The molecule has 0 bridgehead atoms. The van der Waals surface area contributed by atoms with Crippen LogP contribution in [-0.2, 0) is 25.7 Å². The summed E-state index contributed by atoms with van der Waals surface area (Å²) in [7, 11) is 3.42. The first-order valence-electron chi connectivity index (χ1n) is 10.5. The first-order chi connectivity index (χ1) is 14.6. The van der Waals surface area contributed by atoms with E-state index in [4.69, 9.17) is 19.9 Å². The zero-order chi connectivity index (χ0) is 21.1. The number of para-hydroxylation sites is 1. The Morgan fingerprint density at radius 2 is 1.53 bits per heavy atom. The van der Waals surface area contributed by atoms with Crippen LogP contribution in [0.2, 0.25) is 0 Å². The number of hydrogen-bond acceptors (Lipinski definition) is 4. The number of ether oxygens (including phenoxy) is 3. The Bertz CT molecular complexity index is 1060. The van der Waals surface area contributed by atoms with E-state index in [1.54, 1.807) is 14.2 Å². The summed E-state index contributed by atoms with van der Waals surface area (Å²) in [6.07, 6.45) is 4.88. The largest absolute Gasteiger partial charge is 0.496 e. The number of fused-ring (bicyclic) bond motifs is 1. The van der Waals surface area contributed by atoms with Crippen molar-refractivity contribution in [1.82, 2.24) is 0 Å². The molecule has 4 heteroatoms. The number of nitrogens with two attached hydrogens (primary N) is 1. The standard InChI is InChI=1S/C26H29NO3/c1-17-15-23(27)21-8-6-9-22(21)26(17)30-20-13-14-25(29-3)19(16-20)12-11-18-7-4-5-10-24(18)28-2/h4-5,7,10,13-16H,6,8-9,11-12,27H2,1-3H3. The summed E-state index contributed by atoms with van der Waals surface area (Å²) >= 11 is 0. The van der Waals surface area contributed by atoms with Crippen LogP contribution in [-0.4, -0.2) is 14.2 Å². The number of rotatable bonds is 7. The average molecular weight is 404 g/mol. The number of hydrogen-bond donors (Lipinski definition) is 1. The Labute approximate surface area is 178 Å². The molecule has 1 aliphatic carbocycles. The third kappa shape index (κ3) is 3.95. The quantitative estimate of drug-likeness (QED) is 0.517. The fraction of sp³-hybridized carbons (Fsp3) is 0.308. The van der Waals surface area contributed by atoms with Crippen LogP contribution >= 0.6 is 0 Å². The van der Waals surface area contributed by atoms with Gasteiger partial charge in [0, 0.05) is 11.3 Å². The zero-order valence-corrected chi connectivity index (χ0v) is 18.0. The highest BCUT2D eigenvalue weighted by molar-refractivity contribution is 5.62. The van der Waals surface area contributed by atoms with Gasteiger partial charge in [-0.1, -0.05) is 18.2 Å². The Hall–Kier alpha value is -3.14. The molecule has 1 aliphatic rings. The molecule has 0 heterocycles. The molecular weight excluding hydrogens is 374 g/mol. The number of nitrogen functional groups attached to an aromatic ring is 1. The fourth-order valence-electron chi connectivity index (χ4n) is 4.39. The minimum absolute atomic E-state index is 0.827. The third-order valence-electron chi connectivity index (χ3n) is 5.90. The second-order valence-electron chi connectivity index (χ2n) is 7.81. The van der Waals surface area contributed by atoms with Crippen molar-refractivity contribution in [2.24, 2.45) is 0 Å². The molecule has 0 aliphatic heterocycles. The van der Waals surface area contributed by atoms with E-state index in [1.807, 2.05) is 36.4 Å². The van der Waals surface area contributed by atoms with Gasteiger partial charge in [0.15, 0.2) is 0 Å². The predicted molar refractivity (Wildman–Crippen MR) is 121 cm³/mol. The van der Waals surface area contributed by atoms with Crippen molar-refractivity contribution in [3.05, 3.63) is 76.3 Å². The maximum atomic E-state index is 6.41. The SMILES string of the molecule is COc1ccccc1CCc1cc(Oc2c(C)cc(N)c3c2CCC3)ccc1OC. The van der Waals surface area contributed by atoms with Crippen LogP contribution in [0.5, 0.6) is 23.0 Å². The predicted octanol–water partition coefficient (Wildman–Crippen LogP) is 5.66. The molecule has 0 aromatic heterocycles. The molecule has 4 rings (SSSR count). The Morgan fingerprint density at radius 1 is 0.833 bits per heavy atom. The Balaban J connectivity index is 1.60. The number of methoxy groups -OCH3 is 2. The monoisotopic (exact) mass is 403 g/mol. The van der Waals surface area contributed by atoms with Crippen molar-refractivity contribution in [2.75, 3.05) is 20.0 Å². The summed E-state index contributed by atoms with van der Waals surface area (Å²) in [6.45, 7) is 2.07. The molecule has 3 aromatic rings. The van der Waals surface area contributed by atoms with E-state index in [1.165, 1.54) is 16.7 Å². The maximum Gasteiger partial charge on any atom is 0.133 e. The summed E-state index contributed by atoms with van der Waals surface area (Å²) in [4.78, 5) is 0. The lowest BCUT2D eigenvalue weighted by Crippen LogP contribution is -2.01. The first-order valence-corrected chi connectivity index (χ1v) is 10.5. The highest BCUT2D eigenvalue weighted by Gasteiger charge is 2.21. The van der Waals surface area contributed by atoms with Gasteiger partial charge in [-0.15, -0.1) is 0 Å². The second kappa shape index (κ2) is 8.70. The van der Waals surface area contributed by atoms with Crippen LogP contribution < -0.4 is 19.9 Å². The average Bonchev–Trinajstić information content (AvgIpc) is 3.26. The van der Waals surface area contributed by atoms with E-state index in [0.717, 1.165) is 71.9 Å². The number of benzene rings is 3. The molecule has 0 atom stereocenters. The Kier molecular flexibility index (Phi) is 5.84. The Morgan fingerprint density at radius 3 is 2.33 bits per heavy atom. The van der Waals surface area contributed by atoms with E-state index < -0.39 is 0 Å². The van der Waals surface area contributed by atoms with Gasteiger partial charge in [0.2, 0.25) is 0 Å². The van der Waals surface area contributed by atoms with Gasteiger partial charge in [0.1, 0.15) is 23.0 Å². The fourth-order valence-corrected chi connectivity index (χ4v) is 4.39. The molecule has 2 N–H and O–H groups in total. The van der Waals surface area contributed by atoms with Crippen LogP contribution in [0.3, 0.4) is 0 Å². The minimum atomic E-state index is 0.827. The molecule has 0 spiro atoms. The molecule has 0 unspecified atom stereocenters. The van der Waals surface area contributed by atoms with Crippen molar-refractivity contribution in [2.45, 2.75) is 39.0 Å². The smallest absolute Gasteiger partial charge is 0.133 e. The molecule has 30 heavy (non-hydrogen) atoms. The molecule has 0 fully saturated rings. The van der Waals surface area contributed by atoms with E-state index in [2.05, 4.69) is 19.1 Å². The molecule has 3 aromatic carbocycles. The topological polar surface area (TPSA) is 53.7 Å². The van der Waals surface area contributed by atoms with Crippen molar-refractivity contribution >= 4 is 5.69 Å². The van der Waals surface area contributed by atoms with Crippen molar-refractivity contribution in [1.29, 1.82) is 0 Å². The summed E-state index contributed by atoms with van der Waals surface area (Å²) in [5, 5.41) is 0. The lowest BCUT2D eigenvalue weighted by Gasteiger charge is -2.17. The second-order valence-corrected chi connectivity index (χ2v) is 7.81. The summed E-state index contributed by atoms with van der Waals surface area (Å²) in [5.74, 6) is 3.57. The van der Waals surface area contributed by atoms with Crippen LogP contribution in [0.15, 0.2) is 48.5 Å². The van der Waals surface area contributed by atoms with Crippen LogP contribution in [0.1, 0.15) is 34.2 Å². The van der Waals surface area contributed by atoms with E-state index >= 15 is 0 Å². The highest BCUT2D eigenvalue weighted by Crippen LogP contribution is 2.40. The molecule has 156 valence electrons. The van der Waals surface area contributed by atoms with Crippen LogP contribution in [0.4, 0.5) is 5.69 Å². The lowest BCUT2D eigenvalue weighted by atomic mass is 10.0. The van der Waals surface area contributed by atoms with Crippen molar-refractivity contribution < 1.29 is 14.2 Å². The number of anilines is 1. The maximum absolute atomic E-state index is 6.41. The first kappa shape index (κ1) is 20.1. The van der Waals surface area contributed by atoms with Gasteiger partial charge < -0.3 is 19.9 Å². The summed E-state index contributed by atoms with van der Waals surface area (Å²) < 4.78 is 17.5. The molecule has 4 nitrogen and oxygen atoms in total. The molecule has 0 radical (unpaired) electrons. The van der Waals surface area contributed by atoms with Crippen LogP contribution in [0.25, 0.3) is 0 Å². The van der Waals surface area contributed by atoms with E-state index in [-0.39, 0.29) is 0 Å². The van der Waals surface area contributed by atoms with Gasteiger partial charge in [-0.05, 0) is 91.6 Å². The van der Waals surface area contributed by atoms with Gasteiger partial charge in [0.25, 0.3) is 0 Å². The molecule has 0 amide bonds. The normalized spacial score (nSPS) is 12.5. The van der Waals surface area contributed by atoms with E-state index in [9.17, 15) is 0 Å². The minimum Gasteiger partial charge on any atom is -0.496 e. The summed E-state index contributed by atoms with van der Waals surface area (Å²) in [5.41, 5.74) is 13.0. The van der Waals surface area contributed by atoms with Gasteiger partial charge >= 0.3 is 0 Å². The molecule has 0 saturated carbocycles. The van der Waals surface area contributed by atoms with Gasteiger partial charge in [-0.3, -0.25) is 0 Å². The zero-order valence-electron chi connectivity index (χ0n) is 18.0. The van der Waals surface area contributed by atoms with Crippen molar-refractivity contribution in [3.8, 4) is 23.0 Å². The third-order valence-corrected chi connectivity index (χ3v) is 5.90. The highest BCUT2D eigenvalue weighted by atomic mass is 16.5. The lowest BCUT2D eigenvalue weighted by molar-refractivity contribution is 0.404. The summed E-state index contributed by atoms with van der Waals surface area (Å²) in [6, 6.07) is 16.2. The van der Waals surface area contributed by atoms with Crippen molar-refractivity contribution in [3.63, 3.8) is 0 Å². The van der Waals surface area contributed by atoms with Crippen LogP contribution in [0, 0.1) is 6.92 Å². The van der Waals surface area contributed by atoms with Gasteiger partial charge in [-0.2, -0.15) is 0 Å².